The lowest BCUT2D eigenvalue weighted by Crippen LogP contribution is -2.59. The van der Waals surface area contributed by atoms with Crippen LogP contribution in [-0.4, -0.2) is 116 Å². The number of hydrogen-bond donors (Lipinski definition) is 9. The molecule has 21 heteroatoms. The number of rotatable bonds is 10. The second-order valence-corrected chi connectivity index (χ2v) is 16.0. The molecule has 3 aromatic carbocycles. The van der Waals surface area contributed by atoms with Gasteiger partial charge in [-0.3, -0.25) is 43.9 Å². The molecule has 2 aliphatic rings. The number of hydrogen-bond acceptors (Lipinski definition) is 11. The summed E-state index contributed by atoms with van der Waals surface area (Å²) in [4.78, 5) is 104. The molecule has 12 N–H and O–H groups in total. The van der Waals surface area contributed by atoms with Crippen LogP contribution in [0.25, 0.3) is 10.9 Å². The van der Waals surface area contributed by atoms with E-state index >= 15 is 0 Å². The molecule has 0 unspecified atom stereocenters. The monoisotopic (exact) mass is 869 g/mol. The van der Waals surface area contributed by atoms with Gasteiger partial charge in [-0.1, -0.05) is 48.5 Å². The van der Waals surface area contributed by atoms with Gasteiger partial charge < -0.3 is 53.5 Å². The molecule has 0 spiro atoms. The standard InChI is InChI=1S/C41H47N11O9S/c42-35(54)32-21-62-34-13-12-24(52(60)61)17-27(34)40(59)51-20-25(53)18-33(51)39(58)49-30(15-22-7-2-1-3-8-22)37(56)47-29(11-6-14-45-41(43)44)36(55)48-31(38(57)50-32)16-23-19-46-28-10-5-4-9-26(23)28/h1-5,7-10,12-13,17,19,25,29-33,46,53H,6,11,14-16,18,20-21H2,(H2,42,54)(H,47,56)(H,48,55)(H,49,58)(H,50,57)(H4,43,44,45)/t25-,29+,30-,31+,32+,33-/m1/s1. The van der Waals surface area contributed by atoms with Crippen LogP contribution in [0, 0.1) is 10.1 Å². The van der Waals surface area contributed by atoms with Gasteiger partial charge >= 0.3 is 0 Å². The normalized spacial score (nSPS) is 22.7. The Hall–Kier alpha value is -7.00. The number of nitrogens with one attached hydrogen (secondary N) is 5. The Morgan fingerprint density at radius 3 is 2.24 bits per heavy atom. The maximum atomic E-state index is 14.4. The molecule has 0 bridgehead atoms. The van der Waals surface area contributed by atoms with Gasteiger partial charge in [0, 0.05) is 72.2 Å². The van der Waals surface area contributed by atoms with Crippen LogP contribution in [0.2, 0.25) is 0 Å². The van der Waals surface area contributed by atoms with E-state index in [-0.39, 0.29) is 67.4 Å². The van der Waals surface area contributed by atoms with Crippen LogP contribution in [0.3, 0.4) is 0 Å². The smallest absolute Gasteiger partial charge is 0.270 e. The van der Waals surface area contributed by atoms with Crippen LogP contribution >= 0.6 is 11.8 Å². The van der Waals surface area contributed by atoms with Gasteiger partial charge in [-0.05, 0) is 36.1 Å². The highest BCUT2D eigenvalue weighted by molar-refractivity contribution is 7.99. The molecular weight excluding hydrogens is 823 g/mol. The molecule has 4 aromatic rings. The number of nitrogens with two attached hydrogens (primary N) is 3. The summed E-state index contributed by atoms with van der Waals surface area (Å²) in [5.74, 6) is -5.43. The lowest BCUT2D eigenvalue weighted by molar-refractivity contribution is -0.384. The number of amides is 6. The number of fused-ring (bicyclic) bond motifs is 3. The number of aliphatic hydroxyl groups excluding tert-OH is 1. The Morgan fingerprint density at radius 2 is 1.52 bits per heavy atom. The zero-order chi connectivity index (χ0) is 44.5. The summed E-state index contributed by atoms with van der Waals surface area (Å²) < 4.78 is 0. The molecule has 20 nitrogen and oxygen atoms in total. The van der Waals surface area contributed by atoms with E-state index < -0.39 is 82.4 Å². The number of H-pyrrole nitrogens is 1. The molecule has 6 amide bonds. The second kappa shape index (κ2) is 20.0. The fourth-order valence-corrected chi connectivity index (χ4v) is 8.44. The van der Waals surface area contributed by atoms with E-state index in [0.717, 1.165) is 39.7 Å². The summed E-state index contributed by atoms with van der Waals surface area (Å²) in [6, 6.07) is 12.8. The third kappa shape index (κ3) is 11.0. The van der Waals surface area contributed by atoms with Crippen LogP contribution in [0.15, 0.2) is 88.9 Å². The van der Waals surface area contributed by atoms with Crippen molar-refractivity contribution < 1.29 is 38.8 Å². The van der Waals surface area contributed by atoms with Gasteiger partial charge in [-0.25, -0.2) is 0 Å². The molecule has 0 radical (unpaired) electrons. The highest BCUT2D eigenvalue weighted by Gasteiger charge is 2.42. The molecule has 6 rings (SSSR count). The number of aliphatic hydroxyl groups is 1. The molecule has 3 heterocycles. The van der Waals surface area contributed by atoms with Crippen molar-refractivity contribution in [1.29, 1.82) is 0 Å². The third-order valence-electron chi connectivity index (χ3n) is 10.5. The highest BCUT2D eigenvalue weighted by atomic mass is 32.2. The van der Waals surface area contributed by atoms with E-state index in [1.807, 2.05) is 18.2 Å². The molecule has 1 saturated heterocycles. The quantitative estimate of drug-likeness (QED) is 0.0327. The summed E-state index contributed by atoms with van der Waals surface area (Å²) in [6.07, 6.45) is 0.322. The fraction of sp³-hybridized carbons (Fsp3) is 0.341. The van der Waals surface area contributed by atoms with Crippen LogP contribution in [0.1, 0.15) is 40.7 Å². The van der Waals surface area contributed by atoms with Gasteiger partial charge in [0.1, 0.15) is 30.2 Å². The summed E-state index contributed by atoms with van der Waals surface area (Å²) in [7, 11) is 0. The minimum Gasteiger partial charge on any atom is -0.391 e. The molecule has 1 aromatic heterocycles. The van der Waals surface area contributed by atoms with E-state index in [2.05, 4.69) is 31.2 Å². The number of guanidine groups is 1. The number of aliphatic imine (C=N–C) groups is 1. The second-order valence-electron chi connectivity index (χ2n) is 15.0. The van der Waals surface area contributed by atoms with E-state index in [1.165, 1.54) is 6.07 Å². The van der Waals surface area contributed by atoms with Crippen molar-refractivity contribution in [1.82, 2.24) is 31.2 Å². The largest absolute Gasteiger partial charge is 0.391 e. The Labute approximate surface area is 359 Å². The number of benzene rings is 3. The van der Waals surface area contributed by atoms with Crippen molar-refractivity contribution in [2.45, 2.75) is 73.3 Å². The van der Waals surface area contributed by atoms with Crippen LogP contribution in [0.4, 0.5) is 5.69 Å². The summed E-state index contributed by atoms with van der Waals surface area (Å²) in [5.41, 5.74) is 18.2. The first kappa shape index (κ1) is 44.5. The Kier molecular flexibility index (Phi) is 14.4. The maximum absolute atomic E-state index is 14.4. The Morgan fingerprint density at radius 1 is 0.855 bits per heavy atom. The van der Waals surface area contributed by atoms with Gasteiger partial charge in [-0.2, -0.15) is 0 Å². The number of nitrogens with zero attached hydrogens (tertiary/aromatic N) is 3. The lowest BCUT2D eigenvalue weighted by atomic mass is 10.0. The first-order chi connectivity index (χ1) is 29.7. The van der Waals surface area contributed by atoms with Crippen LogP contribution < -0.4 is 38.5 Å². The van der Waals surface area contributed by atoms with Crippen molar-refractivity contribution in [2.24, 2.45) is 22.2 Å². The van der Waals surface area contributed by atoms with Crippen molar-refractivity contribution in [3.05, 3.63) is 106 Å². The average Bonchev–Trinajstić information content (AvgIpc) is 3.85. The minimum absolute atomic E-state index is 0.0240. The Balaban J connectivity index is 1.43. The molecular formula is C41H47N11O9S. The minimum atomic E-state index is -1.39. The van der Waals surface area contributed by atoms with Crippen molar-refractivity contribution in [2.75, 3.05) is 18.8 Å². The van der Waals surface area contributed by atoms with Gasteiger partial charge in [0.2, 0.25) is 29.5 Å². The number of carbonyl (C=O) groups excluding carboxylic acids is 6. The van der Waals surface area contributed by atoms with Crippen molar-refractivity contribution in [3.8, 4) is 0 Å². The number of aromatic amines is 1. The number of non-ortho nitro benzene ring substituents is 1. The van der Waals surface area contributed by atoms with Gasteiger partial charge in [0.25, 0.3) is 11.6 Å². The lowest BCUT2D eigenvalue weighted by Gasteiger charge is -2.28. The van der Waals surface area contributed by atoms with Crippen LogP contribution in [0.5, 0.6) is 0 Å². The topological polar surface area (TPSA) is 323 Å². The summed E-state index contributed by atoms with van der Waals surface area (Å²) in [6.45, 7) is -0.238. The van der Waals surface area contributed by atoms with Crippen molar-refractivity contribution in [3.63, 3.8) is 0 Å². The molecule has 326 valence electrons. The Bertz CT molecular complexity index is 2370. The number of nitro benzene ring substituents is 1. The molecule has 0 aliphatic carbocycles. The maximum Gasteiger partial charge on any atom is 0.270 e. The van der Waals surface area contributed by atoms with E-state index in [9.17, 15) is 44.0 Å². The zero-order valence-corrected chi connectivity index (χ0v) is 34.1. The molecule has 62 heavy (non-hydrogen) atoms. The number of aromatic nitrogens is 1. The molecule has 2 aliphatic heterocycles. The predicted octanol–water partition coefficient (Wildman–Crippen LogP) is -0.279. The van der Waals surface area contributed by atoms with Crippen molar-refractivity contribution >= 4 is 69.8 Å². The van der Waals surface area contributed by atoms with Crippen LogP contribution in [-0.2, 0) is 36.8 Å². The first-order valence-electron chi connectivity index (χ1n) is 19.7. The number of thioether (sulfide) groups is 1. The molecule has 1 fully saturated rings. The van der Waals surface area contributed by atoms with E-state index in [0.29, 0.717) is 11.1 Å². The zero-order valence-electron chi connectivity index (χ0n) is 33.3. The predicted molar refractivity (Wildman–Crippen MR) is 228 cm³/mol. The summed E-state index contributed by atoms with van der Waals surface area (Å²) >= 11 is 0.892. The number of primary amides is 1. The molecule has 0 saturated carbocycles. The van der Waals surface area contributed by atoms with Gasteiger partial charge in [0.15, 0.2) is 5.96 Å². The SMILES string of the molecule is NC(=O)[C@@H]1CSc2ccc([N+](=O)[O-])cc2C(=O)N2C[C@H](O)C[C@@H]2C(=O)N[C@H](Cc2ccccc2)C(=O)N[C@@H](CCCN=C(N)N)C(=O)N[C@@H](Cc2c[nH]c3ccccc23)C(=O)N1. The average molecular weight is 870 g/mol. The molecule has 6 atom stereocenters. The van der Waals surface area contributed by atoms with E-state index in [1.54, 1.807) is 42.6 Å². The van der Waals surface area contributed by atoms with E-state index in [4.69, 9.17) is 17.2 Å². The highest BCUT2D eigenvalue weighted by Crippen LogP contribution is 2.31. The number of nitro groups is 1. The van der Waals surface area contributed by atoms with Gasteiger partial charge in [-0.15, -0.1) is 11.8 Å². The third-order valence-corrected chi connectivity index (χ3v) is 11.7. The van der Waals surface area contributed by atoms with Gasteiger partial charge in [0.05, 0.1) is 16.6 Å². The summed E-state index contributed by atoms with van der Waals surface area (Å²) in [5, 5.41) is 34.2. The number of para-hydroxylation sites is 1. The first-order valence-corrected chi connectivity index (χ1v) is 20.7. The number of carbonyl (C=O) groups is 6. The fourth-order valence-electron chi connectivity index (χ4n) is 7.38.